The molecule has 10 aromatic rings. The van der Waals surface area contributed by atoms with Gasteiger partial charge < -0.3 is 0 Å². The second-order valence-electron chi connectivity index (χ2n) is 13.4. The van der Waals surface area contributed by atoms with Crippen LogP contribution in [-0.4, -0.2) is 19.1 Å². The maximum Gasteiger partial charge on any atom is 0.145 e. The molecule has 0 aliphatic carbocycles. The summed E-state index contributed by atoms with van der Waals surface area (Å²) in [5.74, 6) is 1.74. The summed E-state index contributed by atoms with van der Waals surface area (Å²) in [6.45, 7) is 0. The molecule has 54 heavy (non-hydrogen) atoms. The summed E-state index contributed by atoms with van der Waals surface area (Å²) < 4.78 is 4.55. The number of fused-ring (bicyclic) bond motifs is 3. The second kappa shape index (κ2) is 12.9. The molecular formula is C49H31N5. The highest BCUT2D eigenvalue weighted by Crippen LogP contribution is 2.40. The van der Waals surface area contributed by atoms with E-state index < -0.39 is 0 Å². The van der Waals surface area contributed by atoms with Crippen molar-refractivity contribution in [3.05, 3.63) is 194 Å². The number of hydrogen-bond acceptors (Lipinski definition) is 3. The molecule has 8 aromatic carbocycles. The summed E-state index contributed by atoms with van der Waals surface area (Å²) in [5.41, 5.74) is 12.7. The molecule has 5 nitrogen and oxygen atoms in total. The number of benzene rings is 8. The number of imidazole rings is 2. The number of aromatic nitrogens is 4. The Morgan fingerprint density at radius 2 is 0.852 bits per heavy atom. The first-order valence-corrected chi connectivity index (χ1v) is 18.0. The van der Waals surface area contributed by atoms with Crippen molar-refractivity contribution < 1.29 is 0 Å². The van der Waals surface area contributed by atoms with E-state index in [0.29, 0.717) is 5.56 Å². The van der Waals surface area contributed by atoms with E-state index in [1.165, 1.54) is 0 Å². The van der Waals surface area contributed by atoms with Crippen molar-refractivity contribution in [1.29, 1.82) is 5.26 Å². The fraction of sp³-hybridized carbons (Fsp3) is 0. The van der Waals surface area contributed by atoms with Crippen LogP contribution >= 0.6 is 0 Å². The van der Waals surface area contributed by atoms with Crippen molar-refractivity contribution in [2.45, 2.75) is 0 Å². The van der Waals surface area contributed by atoms with Crippen LogP contribution < -0.4 is 0 Å². The van der Waals surface area contributed by atoms with Crippen molar-refractivity contribution in [3.63, 3.8) is 0 Å². The summed E-state index contributed by atoms with van der Waals surface area (Å²) in [7, 11) is 0. The van der Waals surface area contributed by atoms with E-state index in [1.807, 2.05) is 48.5 Å². The quantitative estimate of drug-likeness (QED) is 0.175. The minimum atomic E-state index is 0.653. The zero-order chi connectivity index (χ0) is 36.0. The lowest BCUT2D eigenvalue weighted by Gasteiger charge is -2.18. The second-order valence-corrected chi connectivity index (χ2v) is 13.4. The normalized spacial score (nSPS) is 11.3. The largest absolute Gasteiger partial charge is 0.292 e. The Hall–Kier alpha value is -7.55. The van der Waals surface area contributed by atoms with Crippen LogP contribution in [0.15, 0.2) is 188 Å². The van der Waals surface area contributed by atoms with E-state index in [0.717, 1.165) is 89.2 Å². The van der Waals surface area contributed by atoms with Crippen LogP contribution in [0, 0.1) is 11.3 Å². The molecule has 0 atom stereocenters. The van der Waals surface area contributed by atoms with Gasteiger partial charge in [0.15, 0.2) is 0 Å². The summed E-state index contributed by atoms with van der Waals surface area (Å²) in [5, 5.41) is 12.2. The van der Waals surface area contributed by atoms with Gasteiger partial charge in [0.1, 0.15) is 11.6 Å². The topological polar surface area (TPSA) is 59.4 Å². The zero-order valence-corrected chi connectivity index (χ0v) is 29.1. The first-order chi connectivity index (χ1) is 26.7. The molecule has 5 heteroatoms. The van der Waals surface area contributed by atoms with Gasteiger partial charge in [0.2, 0.25) is 0 Å². The van der Waals surface area contributed by atoms with Gasteiger partial charge in [-0.15, -0.1) is 0 Å². The molecule has 0 fully saturated rings. The Kier molecular flexibility index (Phi) is 7.45. The van der Waals surface area contributed by atoms with Gasteiger partial charge in [-0.25, -0.2) is 9.97 Å². The van der Waals surface area contributed by atoms with E-state index in [1.54, 1.807) is 0 Å². The molecule has 0 saturated carbocycles. The number of nitrogens with zero attached hydrogens (tertiary/aromatic N) is 5. The van der Waals surface area contributed by atoms with Gasteiger partial charge in [0.05, 0.1) is 45.1 Å². The molecule has 0 saturated heterocycles. The molecule has 0 radical (unpaired) electrons. The molecule has 0 aliphatic rings. The van der Waals surface area contributed by atoms with E-state index >= 15 is 0 Å². The predicted octanol–water partition coefficient (Wildman–Crippen LogP) is 12.1. The lowest BCUT2D eigenvalue weighted by Crippen LogP contribution is -2.03. The lowest BCUT2D eigenvalue weighted by atomic mass is 9.90. The average molecular weight is 690 g/mol. The summed E-state index contributed by atoms with van der Waals surface area (Å²) >= 11 is 0. The van der Waals surface area contributed by atoms with E-state index in [9.17, 15) is 5.26 Å². The van der Waals surface area contributed by atoms with E-state index in [2.05, 4.69) is 155 Å². The van der Waals surface area contributed by atoms with Crippen molar-refractivity contribution in [2.75, 3.05) is 0 Å². The van der Waals surface area contributed by atoms with E-state index in [-0.39, 0.29) is 0 Å². The predicted molar refractivity (Wildman–Crippen MR) is 220 cm³/mol. The van der Waals surface area contributed by atoms with E-state index in [4.69, 9.17) is 9.97 Å². The number of para-hydroxylation sites is 4. The minimum Gasteiger partial charge on any atom is -0.292 e. The molecular weight excluding hydrogens is 659 g/mol. The van der Waals surface area contributed by atoms with Gasteiger partial charge in [0.25, 0.3) is 0 Å². The van der Waals surface area contributed by atoms with Crippen LogP contribution in [0.3, 0.4) is 0 Å². The molecule has 0 spiro atoms. The van der Waals surface area contributed by atoms with Crippen molar-refractivity contribution >= 4 is 32.8 Å². The Bertz CT molecular complexity index is 2920. The monoisotopic (exact) mass is 689 g/mol. The molecule has 0 aliphatic heterocycles. The summed E-state index contributed by atoms with van der Waals surface area (Å²) in [4.78, 5) is 10.4. The standard InChI is InChI=1S/C49H31N5/c50-32-35-19-7-8-20-39(35)43-28-27-40(41-21-9-10-22-42(41)43)36-29-37(53-46-25-13-11-23-44(46)51-48(53)33-15-3-1-4-16-33)31-38(30-36)54-47-26-14-12-24-45(47)52-49(54)34-17-5-2-6-18-34/h1-31H. The van der Waals surface area contributed by atoms with Gasteiger partial charge in [-0.3, -0.25) is 9.13 Å². The first kappa shape index (κ1) is 31.2. The SMILES string of the molecule is N#Cc1ccccc1-c1ccc(-c2cc(-n3c(-c4ccccc4)nc4ccccc43)cc(-n3c(-c4ccccc4)nc4ccccc43)c2)c2ccccc12. The Labute approximate surface area is 312 Å². The number of hydrogen-bond donors (Lipinski definition) is 0. The third-order valence-corrected chi connectivity index (χ3v) is 10.2. The summed E-state index contributed by atoms with van der Waals surface area (Å²) in [6, 6.07) is 67.3. The maximum atomic E-state index is 10.0. The highest BCUT2D eigenvalue weighted by atomic mass is 15.1. The third-order valence-electron chi connectivity index (χ3n) is 10.2. The van der Waals surface area contributed by atoms with Crippen molar-refractivity contribution in [2.24, 2.45) is 0 Å². The molecule has 0 bridgehead atoms. The fourth-order valence-corrected chi connectivity index (χ4v) is 7.75. The lowest BCUT2D eigenvalue weighted by molar-refractivity contribution is 1.07. The molecule has 252 valence electrons. The first-order valence-electron chi connectivity index (χ1n) is 18.0. The zero-order valence-electron chi connectivity index (χ0n) is 29.1. The van der Waals surface area contributed by atoms with Gasteiger partial charge in [-0.1, -0.05) is 140 Å². The maximum absolute atomic E-state index is 10.0. The third kappa shape index (κ3) is 5.17. The molecule has 0 amide bonds. The van der Waals surface area contributed by atoms with Gasteiger partial charge in [-0.05, 0) is 76.0 Å². The Morgan fingerprint density at radius 3 is 1.43 bits per heavy atom. The molecule has 0 unspecified atom stereocenters. The van der Waals surface area contributed by atoms with Crippen LogP contribution in [0.2, 0.25) is 0 Å². The van der Waals surface area contributed by atoms with Crippen LogP contribution in [0.4, 0.5) is 0 Å². The van der Waals surface area contributed by atoms with Crippen LogP contribution in [0.5, 0.6) is 0 Å². The van der Waals surface area contributed by atoms with Crippen LogP contribution in [0.25, 0.3) is 89.2 Å². The molecule has 10 rings (SSSR count). The highest BCUT2D eigenvalue weighted by Gasteiger charge is 2.21. The van der Waals surface area contributed by atoms with Gasteiger partial charge in [0, 0.05) is 16.7 Å². The van der Waals surface area contributed by atoms with Gasteiger partial charge in [-0.2, -0.15) is 5.26 Å². The molecule has 0 N–H and O–H groups in total. The minimum absolute atomic E-state index is 0.653. The molecule has 2 heterocycles. The Morgan fingerprint density at radius 1 is 0.389 bits per heavy atom. The smallest absolute Gasteiger partial charge is 0.145 e. The summed E-state index contributed by atoms with van der Waals surface area (Å²) in [6.07, 6.45) is 0. The van der Waals surface area contributed by atoms with Gasteiger partial charge >= 0.3 is 0 Å². The highest BCUT2D eigenvalue weighted by molar-refractivity contribution is 6.06. The fourth-order valence-electron chi connectivity index (χ4n) is 7.75. The average Bonchev–Trinajstić information content (AvgIpc) is 3.83. The van der Waals surface area contributed by atoms with Crippen LogP contribution in [0.1, 0.15) is 5.56 Å². The molecule has 2 aromatic heterocycles. The van der Waals surface area contributed by atoms with Crippen LogP contribution in [-0.2, 0) is 0 Å². The number of rotatable bonds is 6. The van der Waals surface area contributed by atoms with Crippen molar-refractivity contribution in [3.8, 4) is 62.5 Å². The van der Waals surface area contributed by atoms with Crippen molar-refractivity contribution in [1.82, 2.24) is 19.1 Å². The Balaban J connectivity index is 1.30. The number of nitriles is 1.